The van der Waals surface area contributed by atoms with Crippen LogP contribution in [0.1, 0.15) is 33.5 Å². The number of hydrogen-bond acceptors (Lipinski definition) is 3. The van der Waals surface area contributed by atoms with Crippen LogP contribution in [0, 0.1) is 0 Å². The molecule has 0 unspecified atom stereocenters. The molecule has 0 bridgehead atoms. The minimum atomic E-state index is -1.18. The van der Waals surface area contributed by atoms with Crippen molar-refractivity contribution in [3.63, 3.8) is 0 Å². The summed E-state index contributed by atoms with van der Waals surface area (Å²) in [5.41, 5.74) is 3.33. The van der Waals surface area contributed by atoms with Crippen LogP contribution in [0.5, 0.6) is 5.75 Å². The number of carboxylic acids is 1. The second kappa shape index (κ2) is 7.51. The van der Waals surface area contributed by atoms with Crippen molar-refractivity contribution in [3.8, 4) is 5.75 Å². The summed E-state index contributed by atoms with van der Waals surface area (Å²) >= 11 is 6.19. The number of ether oxygens (including phenoxy) is 1. The predicted octanol–water partition coefficient (Wildman–Crippen LogP) is -0.225. The van der Waals surface area contributed by atoms with E-state index in [1.807, 2.05) is 18.2 Å². The van der Waals surface area contributed by atoms with Crippen LogP contribution in [0.3, 0.4) is 0 Å². The van der Waals surface area contributed by atoms with Gasteiger partial charge in [-0.05, 0) is 59.7 Å². The Labute approximate surface area is 156 Å². The van der Waals surface area contributed by atoms with E-state index in [0.29, 0.717) is 6.61 Å². The molecule has 5 heteroatoms. The van der Waals surface area contributed by atoms with Crippen LogP contribution in [0.15, 0.2) is 36.4 Å². The van der Waals surface area contributed by atoms with E-state index < -0.39 is 5.97 Å². The molecule has 0 saturated heterocycles. The molecule has 2 aromatic rings. The summed E-state index contributed by atoms with van der Waals surface area (Å²) in [4.78, 5) is 10.9. The molecular formula is C17H14ClNaO3. The van der Waals surface area contributed by atoms with E-state index in [1.54, 1.807) is 12.1 Å². The van der Waals surface area contributed by atoms with Gasteiger partial charge >= 0.3 is 29.6 Å². The number of carbonyl (C=O) groups excluding carboxylic acids is 1. The molecule has 1 aliphatic carbocycles. The number of benzene rings is 2. The van der Waals surface area contributed by atoms with Crippen LogP contribution in [0.4, 0.5) is 0 Å². The molecule has 3 rings (SSSR count). The van der Waals surface area contributed by atoms with E-state index in [2.05, 4.69) is 0 Å². The van der Waals surface area contributed by atoms with Gasteiger partial charge in [0.1, 0.15) is 12.4 Å². The normalized spacial score (nSPS) is 12.4. The topological polar surface area (TPSA) is 49.4 Å². The Morgan fingerprint density at radius 2 is 1.95 bits per heavy atom. The molecule has 0 aromatic heterocycles. The first-order valence-corrected chi connectivity index (χ1v) is 7.26. The van der Waals surface area contributed by atoms with Crippen molar-refractivity contribution in [3.05, 3.63) is 63.7 Å². The summed E-state index contributed by atoms with van der Waals surface area (Å²) in [7, 11) is 0. The van der Waals surface area contributed by atoms with E-state index in [9.17, 15) is 9.90 Å². The molecule has 2 aromatic carbocycles. The van der Waals surface area contributed by atoms with Crippen LogP contribution in [-0.2, 0) is 19.4 Å². The second-order valence-corrected chi connectivity index (χ2v) is 5.54. The Balaban J connectivity index is 0.00000176. The largest absolute Gasteiger partial charge is 1.00 e. The molecule has 22 heavy (non-hydrogen) atoms. The van der Waals surface area contributed by atoms with Crippen molar-refractivity contribution in [2.45, 2.75) is 25.9 Å². The average molecular weight is 325 g/mol. The molecular weight excluding hydrogens is 311 g/mol. The van der Waals surface area contributed by atoms with Crippen LogP contribution in [0.25, 0.3) is 0 Å². The molecule has 0 atom stereocenters. The standard InChI is InChI=1S/C17H15ClO3.Na/c18-15-7-8-16(14-6-2-5-13(14)15)21-10-11-3-1-4-12(9-11)17(19)20;/h1,3-4,7-9H,2,5-6,10H2,(H,19,20);/q;+1/p-1. The van der Waals surface area contributed by atoms with Crippen molar-refractivity contribution in [1.29, 1.82) is 0 Å². The van der Waals surface area contributed by atoms with Gasteiger partial charge < -0.3 is 14.6 Å². The molecule has 0 aliphatic heterocycles. The Hall–Kier alpha value is -1.000. The smallest absolute Gasteiger partial charge is 0.545 e. The first kappa shape index (κ1) is 17.4. The summed E-state index contributed by atoms with van der Waals surface area (Å²) < 4.78 is 5.85. The van der Waals surface area contributed by atoms with Crippen LogP contribution < -0.4 is 39.4 Å². The van der Waals surface area contributed by atoms with Crippen molar-refractivity contribution >= 4 is 17.6 Å². The molecule has 3 nitrogen and oxygen atoms in total. The number of hydrogen-bond donors (Lipinski definition) is 0. The minimum absolute atomic E-state index is 0. The van der Waals surface area contributed by atoms with Crippen LogP contribution in [-0.4, -0.2) is 5.97 Å². The number of aromatic carboxylic acids is 1. The number of carbonyl (C=O) groups is 1. The first-order chi connectivity index (χ1) is 10.1. The average Bonchev–Trinajstić information content (AvgIpc) is 2.97. The number of fused-ring (bicyclic) bond motifs is 1. The van der Waals surface area contributed by atoms with E-state index in [4.69, 9.17) is 16.3 Å². The van der Waals surface area contributed by atoms with Gasteiger partial charge in [0.15, 0.2) is 0 Å². The van der Waals surface area contributed by atoms with Crippen molar-refractivity contribution in [2.75, 3.05) is 0 Å². The maximum atomic E-state index is 10.9. The van der Waals surface area contributed by atoms with Gasteiger partial charge in [0.05, 0.1) is 5.97 Å². The fourth-order valence-corrected chi connectivity index (χ4v) is 2.99. The van der Waals surface area contributed by atoms with Crippen molar-refractivity contribution < 1.29 is 44.2 Å². The zero-order valence-corrected chi connectivity index (χ0v) is 15.2. The molecule has 0 saturated carbocycles. The molecule has 0 fully saturated rings. The molecule has 0 N–H and O–H groups in total. The summed E-state index contributed by atoms with van der Waals surface area (Å²) in [6.07, 6.45) is 3.06. The quantitative estimate of drug-likeness (QED) is 0.730. The summed E-state index contributed by atoms with van der Waals surface area (Å²) in [5.74, 6) is -0.338. The third kappa shape index (κ3) is 3.66. The summed E-state index contributed by atoms with van der Waals surface area (Å²) in [6.45, 7) is 0.329. The van der Waals surface area contributed by atoms with Crippen molar-refractivity contribution in [2.24, 2.45) is 0 Å². The molecule has 0 heterocycles. The fraction of sp³-hybridized carbons (Fsp3) is 0.235. The number of carboxylic acid groups (broad SMARTS) is 1. The Kier molecular flexibility index (Phi) is 5.93. The van der Waals surface area contributed by atoms with Crippen LogP contribution in [0.2, 0.25) is 5.02 Å². The molecule has 1 aliphatic rings. The third-order valence-corrected chi connectivity index (χ3v) is 4.10. The molecule has 0 amide bonds. The predicted molar refractivity (Wildman–Crippen MR) is 78.6 cm³/mol. The van der Waals surface area contributed by atoms with E-state index in [0.717, 1.165) is 35.6 Å². The van der Waals surface area contributed by atoms with Gasteiger partial charge in [-0.3, -0.25) is 0 Å². The monoisotopic (exact) mass is 324 g/mol. The van der Waals surface area contributed by atoms with Crippen molar-refractivity contribution in [1.82, 2.24) is 0 Å². The SMILES string of the molecule is O=C([O-])c1cccc(COc2ccc(Cl)c3c2CCC3)c1.[Na+]. The minimum Gasteiger partial charge on any atom is -0.545 e. The second-order valence-electron chi connectivity index (χ2n) is 5.13. The maximum Gasteiger partial charge on any atom is 1.00 e. The van der Waals surface area contributed by atoms with Crippen LogP contribution >= 0.6 is 11.6 Å². The Bertz CT molecular complexity index is 700. The fourth-order valence-electron chi connectivity index (χ4n) is 2.71. The molecule has 108 valence electrons. The van der Waals surface area contributed by atoms with E-state index in [-0.39, 0.29) is 35.1 Å². The first-order valence-electron chi connectivity index (χ1n) is 6.88. The number of halogens is 1. The van der Waals surface area contributed by atoms with E-state index >= 15 is 0 Å². The summed E-state index contributed by atoms with van der Waals surface area (Å²) in [6, 6.07) is 10.4. The van der Waals surface area contributed by atoms with Gasteiger partial charge in [-0.1, -0.05) is 29.8 Å². The Morgan fingerprint density at radius 3 is 2.73 bits per heavy atom. The summed E-state index contributed by atoms with van der Waals surface area (Å²) in [5, 5.41) is 11.7. The van der Waals surface area contributed by atoms with Gasteiger partial charge in [0.25, 0.3) is 0 Å². The third-order valence-electron chi connectivity index (χ3n) is 3.74. The maximum absolute atomic E-state index is 10.9. The van der Waals surface area contributed by atoms with E-state index in [1.165, 1.54) is 17.2 Å². The van der Waals surface area contributed by atoms with Gasteiger partial charge in [0.2, 0.25) is 0 Å². The van der Waals surface area contributed by atoms with Gasteiger partial charge in [-0.25, -0.2) is 0 Å². The van der Waals surface area contributed by atoms with Gasteiger partial charge in [-0.2, -0.15) is 0 Å². The van der Waals surface area contributed by atoms with Gasteiger partial charge in [-0.15, -0.1) is 0 Å². The molecule has 0 spiro atoms. The number of rotatable bonds is 4. The zero-order valence-electron chi connectivity index (χ0n) is 12.4. The molecule has 0 radical (unpaired) electrons. The Morgan fingerprint density at radius 1 is 1.18 bits per heavy atom. The van der Waals surface area contributed by atoms with Gasteiger partial charge in [0, 0.05) is 5.02 Å². The zero-order chi connectivity index (χ0) is 14.8.